The molecule has 10 aromatic carbocycles. The van der Waals surface area contributed by atoms with Crippen molar-refractivity contribution in [3.8, 4) is 34.5 Å². The lowest BCUT2D eigenvalue weighted by molar-refractivity contribution is 0.336. The highest BCUT2D eigenvalue weighted by molar-refractivity contribution is 7.92. The van der Waals surface area contributed by atoms with E-state index in [0.717, 1.165) is 28.8 Å². The molecule has 0 radical (unpaired) electrons. The first-order valence-corrected chi connectivity index (χ1v) is 42.9. The van der Waals surface area contributed by atoms with E-state index in [-0.39, 0.29) is 59.0 Å². The smallest absolute Gasteiger partial charge is 0.355 e. The van der Waals surface area contributed by atoms with Crippen LogP contribution in [0.15, 0.2) is 313 Å². The Morgan fingerprint density at radius 2 is 0.570 bits per heavy atom. The molecule has 0 N–H and O–H groups in total. The molecule has 0 bridgehead atoms. The average Bonchev–Trinajstić information content (AvgIpc) is 0.782. The summed E-state index contributed by atoms with van der Waals surface area (Å²) in [6, 6.07) is 49.1. The van der Waals surface area contributed by atoms with E-state index in [1.165, 1.54) is 108 Å². The fourth-order valence-electron chi connectivity index (χ4n) is 11.9. The van der Waals surface area contributed by atoms with E-state index >= 15 is 0 Å². The Hall–Kier alpha value is -13.2. The van der Waals surface area contributed by atoms with Crippen LogP contribution in [0, 0.1) is 44.0 Å². The van der Waals surface area contributed by atoms with E-state index in [4.69, 9.17) is 62.1 Å². The average molecular weight is 1770 g/mol. The molecule has 0 atom stereocenters. The normalized spacial score (nSPS) is 11.6. The van der Waals surface area contributed by atoms with Crippen molar-refractivity contribution in [3.63, 3.8) is 0 Å². The van der Waals surface area contributed by atoms with Gasteiger partial charge in [0.05, 0.1) is 66.6 Å². The highest BCUT2D eigenvalue weighted by Crippen LogP contribution is 2.36. The summed E-state index contributed by atoms with van der Waals surface area (Å²) in [5.41, 5.74) is -1.96. The van der Waals surface area contributed by atoms with Crippen LogP contribution in [0.5, 0.6) is 34.5 Å². The van der Waals surface area contributed by atoms with Crippen LogP contribution in [0.1, 0.15) is 23.6 Å². The van der Waals surface area contributed by atoms with Crippen molar-refractivity contribution in [2.45, 2.75) is 76.6 Å². The van der Waals surface area contributed by atoms with E-state index in [1.54, 1.807) is 119 Å². The lowest BCUT2D eigenvalue weighted by Crippen LogP contribution is -2.15. The Morgan fingerprint density at radius 1 is 0.298 bits per heavy atom. The molecule has 5 aromatic heterocycles. The Balaban J connectivity index is 0.000000148. The second kappa shape index (κ2) is 36.2. The fraction of sp³-hybridized carbons (Fsp3) is 0.118. The molecule has 121 heavy (non-hydrogen) atoms. The minimum atomic E-state index is -4.46. The molecule has 0 unspecified atom stereocenters. The molecule has 0 saturated carbocycles. The highest BCUT2D eigenvalue weighted by atomic mass is 35.5. The zero-order valence-corrected chi connectivity index (χ0v) is 69.4. The molecule has 0 spiro atoms. The van der Waals surface area contributed by atoms with Crippen molar-refractivity contribution in [1.29, 1.82) is 0 Å². The first-order valence-electron chi connectivity index (χ1n) is 35.1. The van der Waals surface area contributed by atoms with Gasteiger partial charge in [-0.1, -0.05) is 90.5 Å². The third kappa shape index (κ3) is 19.0. The van der Waals surface area contributed by atoms with Gasteiger partial charge < -0.3 is 50.5 Å². The molecule has 15 aromatic rings. The Bertz CT molecular complexity index is 7320. The van der Waals surface area contributed by atoms with Gasteiger partial charge in [-0.25, -0.2) is 83.6 Å². The molecule has 15 rings (SSSR count). The number of methoxy groups -OCH3 is 5. The van der Waals surface area contributed by atoms with Crippen LogP contribution >= 0.6 is 11.6 Å². The van der Waals surface area contributed by atoms with E-state index in [1.807, 2.05) is 6.07 Å². The van der Waals surface area contributed by atoms with E-state index < -0.39 is 130 Å². The van der Waals surface area contributed by atoms with Crippen LogP contribution in [-0.2, 0) is 49.2 Å². The van der Waals surface area contributed by atoms with Gasteiger partial charge >= 0.3 is 28.1 Å². The number of rotatable bonds is 17. The van der Waals surface area contributed by atoms with Crippen LogP contribution in [0.3, 0.4) is 0 Å². The minimum Gasteiger partial charge on any atom is -0.497 e. The molecule has 0 aliphatic rings. The molecule has 626 valence electrons. The predicted molar refractivity (Wildman–Crippen MR) is 435 cm³/mol. The van der Waals surface area contributed by atoms with Gasteiger partial charge in [0.2, 0.25) is 49.2 Å². The second-order valence-corrected chi connectivity index (χ2v) is 35.8. The Labute approximate surface area is 690 Å². The molecule has 0 aliphatic heterocycles. The number of hydrogen-bond donors (Lipinski definition) is 0. The SMILES string of the molecule is CCOc1cccc2cc(S(=O)(=O)c3cc(F)cc(F)c3)c(=O)oc12.COc1cccc(S(=O)(=O)c2cc3cccc(OC)c3oc2=O)c1.COc1cccc2cc(S(=O)(=O)c3cc(C)cc(C)c3)c(=O)oc12.COc1cccc2cc(S(=O)(=O)c3cc(F)cc(F)c3)c(=O)oc12.COc1cccc2cc(S(=O)(=O)c3ccc(C)c(Cl)c3)c(=O)oc12. The van der Waals surface area contributed by atoms with Crippen molar-refractivity contribution in [1.82, 2.24) is 0 Å². The highest BCUT2D eigenvalue weighted by Gasteiger charge is 2.31. The molecule has 0 aliphatic carbocycles. The number of para-hydroxylation sites is 5. The van der Waals surface area contributed by atoms with Gasteiger partial charge in [0.25, 0.3) is 0 Å². The second-order valence-electron chi connectivity index (χ2n) is 25.8. The van der Waals surface area contributed by atoms with Crippen molar-refractivity contribution in [3.05, 3.63) is 315 Å². The number of aryl methyl sites for hydroxylation is 3. The van der Waals surface area contributed by atoms with Crippen LogP contribution in [0.2, 0.25) is 5.02 Å². The number of halogens is 5. The summed E-state index contributed by atoms with van der Waals surface area (Å²) in [5, 5.41) is 2.30. The van der Waals surface area contributed by atoms with Crippen LogP contribution < -0.4 is 56.5 Å². The molecular formula is C85H65ClF4O26S5. The maximum absolute atomic E-state index is 13.3. The third-order valence-corrected chi connectivity index (χ3v) is 26.7. The Morgan fingerprint density at radius 3 is 0.860 bits per heavy atom. The maximum atomic E-state index is 13.3. The molecular weight excluding hydrogens is 1710 g/mol. The summed E-state index contributed by atoms with van der Waals surface area (Å²) in [6.07, 6.45) is 0. The molecule has 36 heteroatoms. The van der Waals surface area contributed by atoms with Crippen molar-refractivity contribution >= 4 is 116 Å². The van der Waals surface area contributed by atoms with Gasteiger partial charge in [-0.3, -0.25) is 0 Å². The lowest BCUT2D eigenvalue weighted by Gasteiger charge is -2.08. The van der Waals surface area contributed by atoms with E-state index in [0.29, 0.717) is 98.0 Å². The van der Waals surface area contributed by atoms with E-state index in [9.17, 15) is 83.6 Å². The summed E-state index contributed by atoms with van der Waals surface area (Å²) >= 11 is 6.00. The van der Waals surface area contributed by atoms with Gasteiger partial charge in [0.1, 0.15) is 29.0 Å². The lowest BCUT2D eigenvalue weighted by atomic mass is 10.2. The Kier molecular flexibility index (Phi) is 26.5. The van der Waals surface area contributed by atoms with Crippen molar-refractivity contribution in [2.75, 3.05) is 42.2 Å². The molecule has 5 heterocycles. The monoisotopic (exact) mass is 1770 g/mol. The largest absolute Gasteiger partial charge is 0.497 e. The number of fused-ring (bicyclic) bond motifs is 5. The number of ether oxygens (including phenoxy) is 6. The zero-order valence-electron chi connectivity index (χ0n) is 64.5. The summed E-state index contributed by atoms with van der Waals surface area (Å²) < 4.78 is 237. The zero-order chi connectivity index (χ0) is 88.0. The van der Waals surface area contributed by atoms with Gasteiger partial charge in [-0.05, 0) is 172 Å². The molecule has 0 fully saturated rings. The number of sulfone groups is 5. The predicted octanol–water partition coefficient (Wildman–Crippen LogP) is 15.7. The van der Waals surface area contributed by atoms with Crippen molar-refractivity contribution in [2.24, 2.45) is 0 Å². The first-order chi connectivity index (χ1) is 57.3. The maximum Gasteiger partial charge on any atom is 0.355 e. The van der Waals surface area contributed by atoms with Crippen LogP contribution in [0.4, 0.5) is 17.6 Å². The van der Waals surface area contributed by atoms with E-state index in [2.05, 4.69) is 0 Å². The standard InChI is InChI=1S/C18H16O5S.C17H13ClO5S.C17H12F2O5S.C17H14O6S.C16H10F2O5S/c1-11-7-12(2)9-14(8-11)24(20,21)16-10-13-5-4-6-15(22-3)17(13)23-18(16)19;1-10-6-7-12(9-13(10)18)24(20,21)15-8-11-4-3-5-14(22-2)16(11)23-17(15)19;1-2-23-14-5-3-4-10-6-15(17(20)24-16(10)14)25(21,22)13-8-11(18)7-12(19)9-13;1-21-12-6-4-7-13(10-12)24(19,20)15-9-11-5-3-8-14(22-2)16(11)23-17(15)18;1-22-13-4-2-3-9-5-14(16(19)23-15(9)13)24(20,21)12-7-10(17)6-11(18)8-12/h4-10H,1-3H3;3-9H,1-2H3;3-9H,2H2,1H3;3-10H,1-2H3;2-8H,1H3. The summed E-state index contributed by atoms with van der Waals surface area (Å²) in [4.78, 5) is 57.0. The first kappa shape index (κ1) is 88.6. The third-order valence-electron chi connectivity index (χ3n) is 17.7. The quantitative estimate of drug-likeness (QED) is 0.0603. The topological polar surface area (TPSA) is 377 Å². The fourth-order valence-corrected chi connectivity index (χ4v) is 19.0. The summed E-state index contributed by atoms with van der Waals surface area (Å²) in [7, 11) is -13.8. The van der Waals surface area contributed by atoms with Crippen LogP contribution in [0.25, 0.3) is 54.8 Å². The summed E-state index contributed by atoms with van der Waals surface area (Å²) in [5.74, 6) is -2.27. The number of benzene rings is 10. The molecule has 0 saturated heterocycles. The van der Waals surface area contributed by atoms with Gasteiger partial charge in [-0.15, -0.1) is 0 Å². The molecule has 0 amide bonds. The van der Waals surface area contributed by atoms with Gasteiger partial charge in [0, 0.05) is 44.1 Å². The van der Waals surface area contributed by atoms with Crippen molar-refractivity contribution < 1.29 is 110 Å². The minimum absolute atomic E-state index is 0.0450. The number of hydrogen-bond acceptors (Lipinski definition) is 26. The van der Waals surface area contributed by atoms with Crippen LogP contribution in [-0.4, -0.2) is 84.2 Å². The summed E-state index contributed by atoms with van der Waals surface area (Å²) in [6.45, 7) is 7.44. The molecule has 26 nitrogen and oxygen atoms in total. The van der Waals surface area contributed by atoms with Gasteiger partial charge in [-0.2, -0.15) is 0 Å². The van der Waals surface area contributed by atoms with Gasteiger partial charge in [0.15, 0.2) is 81.1 Å².